The van der Waals surface area contributed by atoms with Gasteiger partial charge in [0.2, 0.25) is 10.8 Å². The maximum Gasteiger partial charge on any atom is 0.264 e. The minimum atomic E-state index is -4.06. The van der Waals surface area contributed by atoms with Crippen LogP contribution in [0.2, 0.25) is 0 Å². The van der Waals surface area contributed by atoms with Crippen LogP contribution < -0.4 is 15.3 Å². The summed E-state index contributed by atoms with van der Waals surface area (Å²) in [5.41, 5.74) is 10.0. The minimum absolute atomic E-state index is 0.264. The number of thioether (sulfide) groups is 1. The molecule has 1 N–H and O–H groups in total. The largest absolute Gasteiger partial charge is 0.344 e. The van der Waals surface area contributed by atoms with Crippen LogP contribution in [0.1, 0.15) is 104 Å². The lowest BCUT2D eigenvalue weighted by atomic mass is 9.79. The van der Waals surface area contributed by atoms with Gasteiger partial charge in [-0.05, 0) is 155 Å². The van der Waals surface area contributed by atoms with E-state index in [1.54, 1.807) is 11.8 Å². The Labute approximate surface area is 422 Å². The maximum absolute atomic E-state index is 11.7. The Balaban J connectivity index is 1.25. The minimum Gasteiger partial charge on any atom is -0.344 e. The van der Waals surface area contributed by atoms with Gasteiger partial charge in [0.25, 0.3) is 10.1 Å². The molecule has 2 aliphatic heterocycles. The lowest BCUT2D eigenvalue weighted by molar-refractivity contribution is -0.438. The van der Waals surface area contributed by atoms with Gasteiger partial charge in [-0.3, -0.25) is 4.55 Å². The lowest BCUT2D eigenvalue weighted by Gasteiger charge is -2.27. The van der Waals surface area contributed by atoms with Crippen molar-refractivity contribution in [3.63, 3.8) is 0 Å². The van der Waals surface area contributed by atoms with Gasteiger partial charge in [0.1, 0.15) is 6.54 Å². The lowest BCUT2D eigenvalue weighted by Crippen LogP contribution is -2.34. The van der Waals surface area contributed by atoms with Crippen LogP contribution in [-0.4, -0.2) is 62.3 Å². The molecule has 68 heavy (non-hydrogen) atoms. The quantitative estimate of drug-likeness (QED) is 0.0558. The van der Waals surface area contributed by atoms with Crippen LogP contribution in [0.5, 0.6) is 0 Å². The molecule has 13 heteroatoms. The van der Waals surface area contributed by atoms with Crippen molar-refractivity contribution in [3.8, 4) is 5.69 Å². The molecule has 0 amide bonds. The van der Waals surface area contributed by atoms with Gasteiger partial charge in [0, 0.05) is 61.3 Å². The van der Waals surface area contributed by atoms with E-state index in [2.05, 4.69) is 184 Å². The summed E-state index contributed by atoms with van der Waals surface area (Å²) in [6, 6.07) is 25.3. The zero-order valence-electron chi connectivity index (χ0n) is 39.9. The molecule has 0 saturated heterocycles. The Hall–Kier alpha value is -4.66. The summed E-state index contributed by atoms with van der Waals surface area (Å²) >= 11 is 8.88. The number of benzene rings is 4. The highest BCUT2D eigenvalue weighted by Crippen LogP contribution is 2.49. The molecule has 0 spiro atoms. The third kappa shape index (κ3) is 10.3. The molecule has 0 bridgehead atoms. The van der Waals surface area contributed by atoms with E-state index >= 15 is 0 Å². The van der Waals surface area contributed by atoms with Crippen molar-refractivity contribution in [3.05, 3.63) is 156 Å². The fourth-order valence-corrected chi connectivity index (χ4v) is 12.7. The molecule has 0 saturated carbocycles. The molecule has 0 fully saturated rings. The number of unbranched alkanes of at least 4 members (excludes halogenated alkanes) is 4. The Bertz CT molecular complexity index is 3180. The summed E-state index contributed by atoms with van der Waals surface area (Å²) in [6.45, 7) is 19.4. The van der Waals surface area contributed by atoms with Gasteiger partial charge >= 0.3 is 0 Å². The molecular formula is C55H61Br2N6O3S2+. The second-order valence-electron chi connectivity index (χ2n) is 18.9. The van der Waals surface area contributed by atoms with Gasteiger partial charge in [0.05, 0.1) is 16.9 Å². The first-order chi connectivity index (χ1) is 32.5. The predicted molar refractivity (Wildman–Crippen MR) is 290 cm³/mol. The third-order valence-electron chi connectivity index (χ3n) is 13.5. The Morgan fingerprint density at radius 1 is 0.926 bits per heavy atom. The van der Waals surface area contributed by atoms with Crippen LogP contribution in [0.4, 0.5) is 11.4 Å². The second kappa shape index (κ2) is 20.7. The number of hydrogen-bond acceptors (Lipinski definition) is 7. The number of allylic oxidation sites excluding steroid dienone is 8. The SMILES string of the molecule is C=C(Br)C=c1ccc2c(c1=CC)C(C)(C)C(=CC=C1CCC(C=CC3=[N+](CCCCS(=O)(=O)O)c4ccc5cc(Br)ccc5c4C3(C)C)=C1Sc1nnnn1-c1ccccc1)N2CCCCCC. The number of nitrogens with zero attached hydrogens (tertiary/aromatic N) is 6. The molecule has 0 atom stereocenters. The zero-order valence-corrected chi connectivity index (χ0v) is 44.7. The normalized spacial score (nSPS) is 18.4. The van der Waals surface area contributed by atoms with Gasteiger partial charge in [-0.25, -0.2) is 0 Å². The predicted octanol–water partition coefficient (Wildman–Crippen LogP) is 12.7. The summed E-state index contributed by atoms with van der Waals surface area (Å²) in [5, 5.41) is 18.6. The molecular weight excluding hydrogens is 1020 g/mol. The monoisotopic (exact) mass is 1080 g/mol. The van der Waals surface area contributed by atoms with Crippen LogP contribution in [0.25, 0.3) is 28.6 Å². The third-order valence-corrected chi connectivity index (χ3v) is 16.2. The van der Waals surface area contributed by atoms with Crippen LogP contribution in [-0.2, 0) is 20.9 Å². The number of fused-ring (bicyclic) bond motifs is 4. The van der Waals surface area contributed by atoms with Crippen LogP contribution >= 0.6 is 43.6 Å². The standard InChI is InChI=1S/C55H60Br2N6O3S2/c1-8-10-11-15-32-61-46-28-22-40(35-37(3)56)44(9-2)50(46)54(4,5)48(61)30-24-38-20-21-39(52(38)67-53-58-59-60-63(53)43-18-13-12-14-19-43)25-31-49-55(6,7)51-45-27-26-42(57)36-41(45)23-29-47(51)62(49)33-16-17-34-68(64,65)66/h9,12-14,18-19,22-31,35-36H,3,8,10-11,15-17,20-21,32-34H2,1-2,4-7H3/p+1. The number of para-hydroxylation sites is 1. The number of aromatic nitrogens is 4. The van der Waals surface area contributed by atoms with E-state index in [1.165, 1.54) is 63.5 Å². The smallest absolute Gasteiger partial charge is 0.264 e. The maximum atomic E-state index is 11.7. The van der Waals surface area contributed by atoms with E-state index in [1.807, 2.05) is 35.0 Å². The summed E-state index contributed by atoms with van der Waals surface area (Å²) < 4.78 is 39.0. The number of anilines is 1. The average Bonchev–Trinajstić information content (AvgIpc) is 4.03. The highest BCUT2D eigenvalue weighted by Gasteiger charge is 2.46. The van der Waals surface area contributed by atoms with E-state index in [9.17, 15) is 13.0 Å². The van der Waals surface area contributed by atoms with Crippen molar-refractivity contribution in [1.29, 1.82) is 0 Å². The fraction of sp³-hybridized carbons (Fsp3) is 0.345. The van der Waals surface area contributed by atoms with E-state index in [0.29, 0.717) is 24.5 Å². The molecule has 0 radical (unpaired) electrons. The average molecular weight is 1080 g/mol. The molecule has 354 valence electrons. The number of halogens is 2. The topological polar surface area (TPSA) is 104 Å². The van der Waals surface area contributed by atoms with Crippen LogP contribution in [0, 0.1) is 0 Å². The van der Waals surface area contributed by atoms with E-state index in [-0.39, 0.29) is 16.6 Å². The molecule has 1 aliphatic carbocycles. The summed E-state index contributed by atoms with van der Waals surface area (Å²) in [6.07, 6.45) is 21.0. The molecule has 8 rings (SSSR count). The summed E-state index contributed by atoms with van der Waals surface area (Å²) in [7, 11) is -4.06. The fourth-order valence-electron chi connectivity index (χ4n) is 10.4. The molecule has 3 aliphatic rings. The van der Waals surface area contributed by atoms with Gasteiger partial charge in [-0.15, -0.1) is 5.10 Å². The molecule has 5 aromatic rings. The number of tetrazole rings is 1. The molecule has 9 nitrogen and oxygen atoms in total. The summed E-state index contributed by atoms with van der Waals surface area (Å²) in [5.74, 6) is -0.264. The van der Waals surface area contributed by atoms with E-state index in [4.69, 9.17) is 0 Å². The van der Waals surface area contributed by atoms with Crippen molar-refractivity contribution >= 4 is 93.8 Å². The first-order valence-electron chi connectivity index (χ1n) is 23.6. The second-order valence-corrected chi connectivity index (χ2v) is 23.4. The Kier molecular flexibility index (Phi) is 15.2. The summed E-state index contributed by atoms with van der Waals surface area (Å²) in [4.78, 5) is 3.69. The Morgan fingerprint density at radius 3 is 2.46 bits per heavy atom. The first-order valence-corrected chi connectivity index (χ1v) is 27.7. The van der Waals surface area contributed by atoms with E-state index in [0.717, 1.165) is 67.4 Å². The molecule has 3 heterocycles. The zero-order chi connectivity index (χ0) is 48.4. The number of hydrogen-bond donors (Lipinski definition) is 1. The number of rotatable bonds is 17. The van der Waals surface area contributed by atoms with Crippen molar-refractivity contribution in [1.82, 2.24) is 20.2 Å². The van der Waals surface area contributed by atoms with Gasteiger partial charge in [-0.2, -0.15) is 17.7 Å². The highest BCUT2D eigenvalue weighted by molar-refractivity contribution is 9.12. The molecule has 4 aromatic carbocycles. The van der Waals surface area contributed by atoms with Crippen LogP contribution in [0.15, 0.2) is 140 Å². The highest BCUT2D eigenvalue weighted by atomic mass is 79.9. The van der Waals surface area contributed by atoms with Crippen molar-refractivity contribution in [2.75, 3.05) is 23.7 Å². The van der Waals surface area contributed by atoms with Gasteiger partial charge in [0.15, 0.2) is 5.71 Å². The van der Waals surface area contributed by atoms with E-state index < -0.39 is 10.1 Å². The first kappa shape index (κ1) is 49.8. The molecule has 1 aromatic heterocycles. The van der Waals surface area contributed by atoms with Crippen molar-refractivity contribution in [2.45, 2.75) is 109 Å². The van der Waals surface area contributed by atoms with Gasteiger partial charge in [-0.1, -0.05) is 127 Å². The van der Waals surface area contributed by atoms with Crippen LogP contribution in [0.3, 0.4) is 0 Å². The van der Waals surface area contributed by atoms with Crippen molar-refractivity contribution in [2.24, 2.45) is 0 Å². The Morgan fingerprint density at radius 2 is 1.72 bits per heavy atom. The van der Waals surface area contributed by atoms with Crippen molar-refractivity contribution < 1.29 is 17.5 Å². The van der Waals surface area contributed by atoms with Gasteiger partial charge < -0.3 is 4.90 Å². The molecule has 0 unspecified atom stereocenters.